The molecular weight excluding hydrogens is 374 g/mol. The van der Waals surface area contributed by atoms with Crippen molar-refractivity contribution in [3.8, 4) is 0 Å². The van der Waals surface area contributed by atoms with E-state index in [2.05, 4.69) is 29.1 Å². The van der Waals surface area contributed by atoms with Crippen LogP contribution in [0.3, 0.4) is 0 Å². The van der Waals surface area contributed by atoms with E-state index >= 15 is 0 Å². The lowest BCUT2D eigenvalue weighted by Crippen LogP contribution is -2.43. The number of aryl methyl sites for hydroxylation is 2. The Bertz CT molecular complexity index is 961. The summed E-state index contributed by atoms with van der Waals surface area (Å²) in [6, 6.07) is 8.07. The van der Waals surface area contributed by atoms with Gasteiger partial charge in [0.15, 0.2) is 10.8 Å². The SMILES string of the molecule is CCc1ccc2nc(N(CCN3CCOCC3)C(=O)c3ccn(C)n3)sc2c1. The number of benzene rings is 1. The number of hydrogen-bond donors (Lipinski definition) is 0. The standard InChI is InChI=1S/C20H25N5O2S/c1-3-15-4-5-16-18(14-15)28-20(21-16)25(9-8-24-10-12-27-13-11-24)19(26)17-6-7-23(2)22-17/h4-7,14H,3,8-13H2,1-2H3. The molecule has 8 heteroatoms. The van der Waals surface area contributed by atoms with Crippen LogP contribution in [0.4, 0.5) is 5.13 Å². The number of amides is 1. The zero-order valence-corrected chi connectivity index (χ0v) is 17.1. The van der Waals surface area contributed by atoms with Gasteiger partial charge >= 0.3 is 0 Å². The van der Waals surface area contributed by atoms with Crippen molar-refractivity contribution >= 4 is 32.6 Å². The van der Waals surface area contributed by atoms with Crippen LogP contribution in [-0.2, 0) is 18.2 Å². The molecule has 0 unspecified atom stereocenters. The van der Waals surface area contributed by atoms with Crippen molar-refractivity contribution in [1.82, 2.24) is 19.7 Å². The molecule has 1 aromatic carbocycles. The zero-order chi connectivity index (χ0) is 19.5. The monoisotopic (exact) mass is 399 g/mol. The van der Waals surface area contributed by atoms with Crippen molar-refractivity contribution in [3.05, 3.63) is 41.7 Å². The van der Waals surface area contributed by atoms with Crippen LogP contribution >= 0.6 is 11.3 Å². The molecule has 1 amide bonds. The molecule has 1 aliphatic heterocycles. The minimum absolute atomic E-state index is 0.108. The number of morpholine rings is 1. The van der Waals surface area contributed by atoms with Gasteiger partial charge in [0.2, 0.25) is 0 Å². The average Bonchev–Trinajstić information content (AvgIpc) is 3.34. The summed E-state index contributed by atoms with van der Waals surface area (Å²) < 4.78 is 8.19. The third-order valence-corrected chi connectivity index (χ3v) is 6.04. The number of ether oxygens (including phenoxy) is 1. The van der Waals surface area contributed by atoms with Crippen LogP contribution in [0.1, 0.15) is 23.0 Å². The number of rotatable bonds is 6. The van der Waals surface area contributed by atoms with Crippen LogP contribution in [-0.4, -0.2) is 65.0 Å². The average molecular weight is 400 g/mol. The van der Waals surface area contributed by atoms with Crippen LogP contribution in [0.15, 0.2) is 30.5 Å². The Morgan fingerprint density at radius 2 is 2.11 bits per heavy atom. The Morgan fingerprint density at radius 1 is 1.29 bits per heavy atom. The van der Waals surface area contributed by atoms with Crippen LogP contribution in [0.5, 0.6) is 0 Å². The van der Waals surface area contributed by atoms with Crippen LogP contribution in [0.2, 0.25) is 0 Å². The van der Waals surface area contributed by atoms with Gasteiger partial charge in [-0.05, 0) is 30.2 Å². The molecule has 0 N–H and O–H groups in total. The summed E-state index contributed by atoms with van der Waals surface area (Å²) >= 11 is 1.57. The molecule has 0 aliphatic carbocycles. The number of carbonyl (C=O) groups excluding carboxylic acids is 1. The van der Waals surface area contributed by atoms with Gasteiger partial charge in [0.05, 0.1) is 23.4 Å². The van der Waals surface area contributed by atoms with E-state index in [1.54, 1.807) is 33.2 Å². The summed E-state index contributed by atoms with van der Waals surface area (Å²) in [4.78, 5) is 22.1. The molecule has 0 saturated carbocycles. The van der Waals surface area contributed by atoms with Gasteiger partial charge in [0, 0.05) is 39.4 Å². The first kappa shape index (κ1) is 19.0. The van der Waals surface area contributed by atoms with Crippen molar-refractivity contribution in [1.29, 1.82) is 0 Å². The molecule has 28 heavy (non-hydrogen) atoms. The smallest absolute Gasteiger partial charge is 0.280 e. The number of aromatic nitrogens is 3. The van der Waals surface area contributed by atoms with E-state index in [0.29, 0.717) is 12.2 Å². The number of fused-ring (bicyclic) bond motifs is 1. The Balaban J connectivity index is 1.62. The maximum atomic E-state index is 13.2. The van der Waals surface area contributed by atoms with E-state index in [1.165, 1.54) is 5.56 Å². The Morgan fingerprint density at radius 3 is 2.82 bits per heavy atom. The van der Waals surface area contributed by atoms with Gasteiger partial charge in [0.1, 0.15) is 0 Å². The van der Waals surface area contributed by atoms with Gasteiger partial charge < -0.3 is 4.74 Å². The minimum Gasteiger partial charge on any atom is -0.379 e. The highest BCUT2D eigenvalue weighted by Gasteiger charge is 2.24. The molecule has 148 valence electrons. The lowest BCUT2D eigenvalue weighted by molar-refractivity contribution is 0.0391. The van der Waals surface area contributed by atoms with Gasteiger partial charge in [-0.25, -0.2) is 4.98 Å². The zero-order valence-electron chi connectivity index (χ0n) is 16.3. The molecule has 3 heterocycles. The first-order valence-corrected chi connectivity index (χ1v) is 10.5. The normalized spacial score (nSPS) is 15.2. The quantitative estimate of drug-likeness (QED) is 0.638. The summed E-state index contributed by atoms with van der Waals surface area (Å²) in [5.74, 6) is -0.108. The van der Waals surface area contributed by atoms with Crippen LogP contribution < -0.4 is 4.90 Å². The molecule has 1 saturated heterocycles. The molecule has 3 aromatic rings. The molecule has 1 aliphatic rings. The summed E-state index contributed by atoms with van der Waals surface area (Å²) in [5, 5.41) is 5.03. The van der Waals surface area contributed by atoms with Crippen molar-refractivity contribution in [2.24, 2.45) is 7.05 Å². The Hall–Kier alpha value is -2.29. The second-order valence-electron chi connectivity index (χ2n) is 6.94. The van der Waals surface area contributed by atoms with E-state index < -0.39 is 0 Å². The third-order valence-electron chi connectivity index (χ3n) is 5.00. The Kier molecular flexibility index (Phi) is 5.70. The number of anilines is 1. The first-order valence-electron chi connectivity index (χ1n) is 9.65. The van der Waals surface area contributed by atoms with E-state index in [9.17, 15) is 4.79 Å². The van der Waals surface area contributed by atoms with Crippen molar-refractivity contribution in [2.75, 3.05) is 44.3 Å². The maximum absolute atomic E-state index is 13.2. The van der Waals surface area contributed by atoms with Gasteiger partial charge in [-0.15, -0.1) is 0 Å². The largest absolute Gasteiger partial charge is 0.379 e. The number of carbonyl (C=O) groups is 1. The topological polar surface area (TPSA) is 63.5 Å². The van der Waals surface area contributed by atoms with Crippen molar-refractivity contribution in [2.45, 2.75) is 13.3 Å². The van der Waals surface area contributed by atoms with Gasteiger partial charge in [-0.2, -0.15) is 5.10 Å². The fourth-order valence-electron chi connectivity index (χ4n) is 3.31. The lowest BCUT2D eigenvalue weighted by Gasteiger charge is -2.29. The molecule has 2 aromatic heterocycles. The first-order chi connectivity index (χ1) is 13.6. The van der Waals surface area contributed by atoms with E-state index in [-0.39, 0.29) is 5.91 Å². The van der Waals surface area contributed by atoms with Gasteiger partial charge in [0.25, 0.3) is 5.91 Å². The fourth-order valence-corrected chi connectivity index (χ4v) is 4.36. The Labute approximate surface area is 168 Å². The molecule has 4 rings (SSSR count). The minimum atomic E-state index is -0.108. The fraction of sp³-hybridized carbons (Fsp3) is 0.450. The molecule has 0 bridgehead atoms. The summed E-state index contributed by atoms with van der Waals surface area (Å²) in [7, 11) is 1.82. The molecule has 0 radical (unpaired) electrons. The second-order valence-corrected chi connectivity index (χ2v) is 7.95. The number of nitrogens with zero attached hydrogens (tertiary/aromatic N) is 5. The predicted octanol–water partition coefficient (Wildman–Crippen LogP) is 2.57. The molecule has 0 spiro atoms. The molecule has 1 fully saturated rings. The number of thiazole rings is 1. The second kappa shape index (κ2) is 8.38. The third kappa shape index (κ3) is 4.09. The highest BCUT2D eigenvalue weighted by atomic mass is 32.1. The van der Waals surface area contributed by atoms with Crippen LogP contribution in [0.25, 0.3) is 10.2 Å². The lowest BCUT2D eigenvalue weighted by atomic mass is 10.2. The predicted molar refractivity (Wildman–Crippen MR) is 111 cm³/mol. The number of hydrogen-bond acceptors (Lipinski definition) is 6. The molecular formula is C20H25N5O2S. The summed E-state index contributed by atoms with van der Waals surface area (Å²) in [5.41, 5.74) is 2.65. The van der Waals surface area contributed by atoms with Crippen LogP contribution in [0, 0.1) is 0 Å². The molecule has 0 atom stereocenters. The summed E-state index contributed by atoms with van der Waals surface area (Å²) in [6.45, 7) is 6.79. The highest BCUT2D eigenvalue weighted by Crippen LogP contribution is 2.30. The van der Waals surface area contributed by atoms with Crippen molar-refractivity contribution in [3.63, 3.8) is 0 Å². The van der Waals surface area contributed by atoms with Crippen molar-refractivity contribution < 1.29 is 9.53 Å². The molecule has 7 nitrogen and oxygen atoms in total. The van der Waals surface area contributed by atoms with E-state index in [4.69, 9.17) is 9.72 Å². The van der Waals surface area contributed by atoms with Gasteiger partial charge in [-0.1, -0.05) is 24.3 Å². The maximum Gasteiger partial charge on any atom is 0.280 e. The summed E-state index contributed by atoms with van der Waals surface area (Å²) in [6.07, 6.45) is 2.77. The van der Waals surface area contributed by atoms with E-state index in [0.717, 1.165) is 54.6 Å². The van der Waals surface area contributed by atoms with E-state index in [1.807, 2.05) is 13.1 Å². The highest BCUT2D eigenvalue weighted by molar-refractivity contribution is 7.22. The van der Waals surface area contributed by atoms with Gasteiger partial charge in [-0.3, -0.25) is 19.3 Å².